The summed E-state index contributed by atoms with van der Waals surface area (Å²) in [6.07, 6.45) is 4.14. The Morgan fingerprint density at radius 2 is 1.94 bits per heavy atom. The van der Waals surface area contributed by atoms with Crippen LogP contribution in [0.2, 0.25) is 10.0 Å². The second-order valence-corrected chi connectivity index (χ2v) is 8.94. The number of methoxy groups -OCH3 is 2. The number of carbonyl (C=O) groups excluding carboxylic acids is 1. The summed E-state index contributed by atoms with van der Waals surface area (Å²) in [5.74, 6) is 1.88. The van der Waals surface area contributed by atoms with Crippen LogP contribution in [0.4, 0.5) is 5.95 Å². The Morgan fingerprint density at radius 1 is 1.21 bits per heavy atom. The quantitative estimate of drug-likeness (QED) is 0.505. The van der Waals surface area contributed by atoms with Crippen LogP contribution >= 0.6 is 23.2 Å². The number of fused-ring (bicyclic) bond motifs is 2. The largest absolute Gasteiger partial charge is 0.495 e. The molecule has 170 valence electrons. The summed E-state index contributed by atoms with van der Waals surface area (Å²) >= 11 is 13.1. The van der Waals surface area contributed by atoms with Crippen molar-refractivity contribution in [2.24, 2.45) is 5.92 Å². The van der Waals surface area contributed by atoms with Gasteiger partial charge in [-0.2, -0.15) is 0 Å². The van der Waals surface area contributed by atoms with Crippen LogP contribution in [0.25, 0.3) is 22.0 Å². The third kappa shape index (κ3) is 3.56. The van der Waals surface area contributed by atoms with Crippen LogP contribution in [0.5, 0.6) is 11.5 Å². The number of ether oxygens (including phenoxy) is 2. The molecule has 1 N–H and O–H groups in total. The number of carbonyl (C=O) groups is 1. The predicted molar refractivity (Wildman–Crippen MR) is 129 cm³/mol. The second-order valence-electron chi connectivity index (χ2n) is 8.18. The summed E-state index contributed by atoms with van der Waals surface area (Å²) in [6, 6.07) is 7.72. The van der Waals surface area contributed by atoms with Crippen molar-refractivity contribution in [3.05, 3.63) is 53.2 Å². The van der Waals surface area contributed by atoms with E-state index >= 15 is 0 Å². The summed E-state index contributed by atoms with van der Waals surface area (Å²) < 4.78 is 10.8. The highest BCUT2D eigenvalue weighted by Gasteiger charge is 2.53. The highest BCUT2D eigenvalue weighted by molar-refractivity contribution is 6.41. The summed E-state index contributed by atoms with van der Waals surface area (Å²) in [7, 11) is 3.09. The number of rotatable bonds is 6. The number of amides is 1. The molecule has 33 heavy (non-hydrogen) atoms. The van der Waals surface area contributed by atoms with Crippen LogP contribution in [0.15, 0.2) is 43.1 Å². The lowest BCUT2D eigenvalue weighted by Crippen LogP contribution is -2.49. The summed E-state index contributed by atoms with van der Waals surface area (Å²) in [4.78, 5) is 23.1. The molecule has 0 radical (unpaired) electrons. The van der Waals surface area contributed by atoms with Gasteiger partial charge in [-0.1, -0.05) is 35.8 Å². The van der Waals surface area contributed by atoms with Gasteiger partial charge in [-0.15, -0.1) is 0 Å². The molecule has 1 saturated carbocycles. The minimum absolute atomic E-state index is 0.0229. The number of benzene rings is 2. The molecule has 3 atom stereocenters. The van der Waals surface area contributed by atoms with Gasteiger partial charge < -0.3 is 19.7 Å². The maximum atomic E-state index is 12.0. The van der Waals surface area contributed by atoms with Gasteiger partial charge in [-0.25, -0.2) is 9.97 Å². The van der Waals surface area contributed by atoms with Crippen molar-refractivity contribution in [1.29, 1.82) is 0 Å². The molecule has 2 aromatic carbocycles. The molecule has 0 spiro atoms. The van der Waals surface area contributed by atoms with Gasteiger partial charge in [-0.3, -0.25) is 4.79 Å². The van der Waals surface area contributed by atoms with E-state index in [0.717, 1.165) is 29.4 Å². The molecule has 6 rings (SSSR count). The minimum atomic E-state index is -0.0229. The second kappa shape index (κ2) is 8.39. The van der Waals surface area contributed by atoms with Crippen LogP contribution in [0.3, 0.4) is 0 Å². The van der Waals surface area contributed by atoms with Crippen LogP contribution < -0.4 is 14.8 Å². The highest BCUT2D eigenvalue weighted by Crippen LogP contribution is 2.46. The Bertz CT molecular complexity index is 1250. The average molecular weight is 485 g/mol. The maximum absolute atomic E-state index is 12.0. The topological polar surface area (TPSA) is 76.6 Å². The Labute approximate surface area is 201 Å². The zero-order valence-corrected chi connectivity index (χ0v) is 19.7. The molecule has 3 heterocycles. The van der Waals surface area contributed by atoms with E-state index in [4.69, 9.17) is 32.7 Å². The first kappa shape index (κ1) is 21.8. The number of halogens is 2. The lowest BCUT2D eigenvalue weighted by Gasteiger charge is -2.36. The van der Waals surface area contributed by atoms with Crippen molar-refractivity contribution in [2.45, 2.75) is 18.5 Å². The van der Waals surface area contributed by atoms with E-state index in [1.807, 2.05) is 23.1 Å². The molecule has 2 bridgehead atoms. The van der Waals surface area contributed by atoms with Crippen molar-refractivity contribution in [1.82, 2.24) is 14.9 Å². The Kier molecular flexibility index (Phi) is 5.54. The average Bonchev–Trinajstić information content (AvgIpc) is 3.42. The zero-order chi connectivity index (χ0) is 23.3. The number of hydrogen-bond acceptors (Lipinski definition) is 6. The van der Waals surface area contributed by atoms with Crippen molar-refractivity contribution in [2.75, 3.05) is 26.1 Å². The SMILES string of the molecule is C=CC(=O)N1C[C@@H]2CC1[C@@H]2Nc1ncc2cc(-c3c(Cl)c(OC)cc(OC)c3Cl)ccc2n1. The first-order valence-corrected chi connectivity index (χ1v) is 11.3. The van der Waals surface area contributed by atoms with Gasteiger partial charge >= 0.3 is 0 Å². The van der Waals surface area contributed by atoms with Crippen molar-refractivity contribution < 1.29 is 14.3 Å². The van der Waals surface area contributed by atoms with Crippen LogP contribution in [0, 0.1) is 5.92 Å². The molecular weight excluding hydrogens is 463 g/mol. The van der Waals surface area contributed by atoms with Crippen LogP contribution in [0.1, 0.15) is 6.42 Å². The molecule has 3 fully saturated rings. The van der Waals surface area contributed by atoms with Gasteiger partial charge in [0.05, 0.1) is 41.9 Å². The number of aromatic nitrogens is 2. The van der Waals surface area contributed by atoms with E-state index in [1.165, 1.54) is 6.08 Å². The normalized spacial score (nSPS) is 21.0. The lowest BCUT2D eigenvalue weighted by molar-refractivity contribution is -0.126. The van der Waals surface area contributed by atoms with E-state index in [0.29, 0.717) is 39.0 Å². The molecule has 9 heteroatoms. The molecule has 7 nitrogen and oxygen atoms in total. The summed E-state index contributed by atoms with van der Waals surface area (Å²) in [6.45, 7) is 4.34. The van der Waals surface area contributed by atoms with Crippen LogP contribution in [-0.2, 0) is 4.79 Å². The number of nitrogens with one attached hydrogen (secondary N) is 1. The maximum Gasteiger partial charge on any atom is 0.246 e. The first-order chi connectivity index (χ1) is 15.9. The van der Waals surface area contributed by atoms with Crippen molar-refractivity contribution in [3.63, 3.8) is 0 Å². The van der Waals surface area contributed by atoms with Gasteiger partial charge in [-0.05, 0) is 30.2 Å². The van der Waals surface area contributed by atoms with Gasteiger partial charge in [0.25, 0.3) is 0 Å². The molecule has 3 aromatic rings. The number of nitrogens with zero attached hydrogens (tertiary/aromatic N) is 3. The fourth-order valence-electron chi connectivity index (χ4n) is 4.75. The van der Waals surface area contributed by atoms with Gasteiger partial charge in [0.15, 0.2) is 0 Å². The van der Waals surface area contributed by atoms with E-state index < -0.39 is 0 Å². The predicted octanol–water partition coefficient (Wildman–Crippen LogP) is 4.82. The monoisotopic (exact) mass is 484 g/mol. The Balaban J connectivity index is 1.43. The van der Waals surface area contributed by atoms with Gasteiger partial charge in [0, 0.05) is 35.7 Å². The van der Waals surface area contributed by atoms with E-state index in [1.54, 1.807) is 26.5 Å². The number of anilines is 1. The third-order valence-corrected chi connectivity index (χ3v) is 7.24. The molecule has 1 amide bonds. The van der Waals surface area contributed by atoms with Crippen LogP contribution in [-0.4, -0.2) is 53.6 Å². The number of hydrogen-bond donors (Lipinski definition) is 1. The summed E-state index contributed by atoms with van der Waals surface area (Å²) in [5, 5.41) is 5.06. The van der Waals surface area contributed by atoms with Gasteiger partial charge in [0.2, 0.25) is 11.9 Å². The van der Waals surface area contributed by atoms with Gasteiger partial charge in [0.1, 0.15) is 11.5 Å². The zero-order valence-electron chi connectivity index (χ0n) is 18.1. The molecular formula is C24H22Cl2N4O3. The standard InChI is InChI=1S/C24H22Cl2N4O3/c1-4-19(31)30-11-14-8-16(30)23(14)29-24-27-10-13-7-12(5-6-15(13)28-24)20-21(25)17(32-2)9-18(33-3)22(20)26/h4-7,9-10,14,16,23H,1,8,11H2,2-3H3,(H,27,28,29)/t14-,16?,23+/m0/s1. The molecule has 1 unspecified atom stereocenters. The molecule has 1 aromatic heterocycles. The molecule has 1 aliphatic carbocycles. The van der Waals surface area contributed by atoms with E-state index in [9.17, 15) is 4.79 Å². The Hall–Kier alpha value is -3.03. The fourth-order valence-corrected chi connectivity index (χ4v) is 5.47. The minimum Gasteiger partial charge on any atom is -0.495 e. The fraction of sp³-hybridized carbons (Fsp3) is 0.292. The highest BCUT2D eigenvalue weighted by atomic mass is 35.5. The Morgan fingerprint density at radius 3 is 2.61 bits per heavy atom. The lowest BCUT2D eigenvalue weighted by atomic mass is 9.80. The molecule has 2 aliphatic heterocycles. The van der Waals surface area contributed by atoms with Crippen molar-refractivity contribution in [3.8, 4) is 22.6 Å². The summed E-state index contributed by atoms with van der Waals surface area (Å²) in [5.41, 5.74) is 2.20. The van der Waals surface area contributed by atoms with E-state index in [-0.39, 0.29) is 18.0 Å². The van der Waals surface area contributed by atoms with Crippen molar-refractivity contribution >= 4 is 46.0 Å². The molecule has 3 aliphatic rings. The third-order valence-electron chi connectivity index (χ3n) is 6.49. The molecule has 2 saturated heterocycles. The van der Waals surface area contributed by atoms with E-state index in [2.05, 4.69) is 21.9 Å². The smallest absolute Gasteiger partial charge is 0.246 e. The first-order valence-electron chi connectivity index (χ1n) is 10.5.